The average molecular weight is 365 g/mol. The quantitative estimate of drug-likeness (QED) is 0.710. The lowest BCUT2D eigenvalue weighted by molar-refractivity contribution is 0.0668. The molecule has 3 aromatic rings. The molecule has 0 aromatic carbocycles. The number of amides is 1. The fourth-order valence-electron chi connectivity index (χ4n) is 3.73. The standard InChI is InChI=1S/C20H23N5O2/c1-14-18(27-15(2)23-14)20(26)25-10-5-6-16(12-25)19-22-9-11-24(19)13-17-7-3-4-8-21-17/h3-4,7-9,11,16H,5-6,10,12-13H2,1-2H3/t16-/m1/s1. The first-order valence-corrected chi connectivity index (χ1v) is 9.26. The van der Waals surface area contributed by atoms with Crippen molar-refractivity contribution in [3.63, 3.8) is 0 Å². The van der Waals surface area contributed by atoms with E-state index in [2.05, 4.69) is 19.5 Å². The molecule has 1 atom stereocenters. The van der Waals surface area contributed by atoms with Gasteiger partial charge < -0.3 is 13.9 Å². The van der Waals surface area contributed by atoms with E-state index < -0.39 is 0 Å². The highest BCUT2D eigenvalue weighted by molar-refractivity contribution is 5.92. The molecule has 7 heteroatoms. The smallest absolute Gasteiger partial charge is 0.291 e. The summed E-state index contributed by atoms with van der Waals surface area (Å²) in [5.41, 5.74) is 1.64. The zero-order chi connectivity index (χ0) is 18.8. The van der Waals surface area contributed by atoms with E-state index in [1.165, 1.54) is 0 Å². The molecule has 0 radical (unpaired) electrons. The number of nitrogens with zero attached hydrogens (tertiary/aromatic N) is 5. The molecule has 0 aliphatic carbocycles. The fraction of sp³-hybridized carbons (Fsp3) is 0.400. The highest BCUT2D eigenvalue weighted by Gasteiger charge is 2.30. The molecule has 0 N–H and O–H groups in total. The largest absolute Gasteiger partial charge is 0.436 e. The zero-order valence-corrected chi connectivity index (χ0v) is 15.6. The van der Waals surface area contributed by atoms with Gasteiger partial charge in [0.2, 0.25) is 5.76 Å². The molecule has 0 spiro atoms. The van der Waals surface area contributed by atoms with Crippen LogP contribution in [0.1, 0.15) is 52.4 Å². The molecular formula is C20H23N5O2. The Bertz CT molecular complexity index is 931. The van der Waals surface area contributed by atoms with Gasteiger partial charge in [-0.3, -0.25) is 9.78 Å². The van der Waals surface area contributed by atoms with Crippen LogP contribution < -0.4 is 0 Å². The molecule has 27 heavy (non-hydrogen) atoms. The summed E-state index contributed by atoms with van der Waals surface area (Å²) in [5, 5.41) is 0. The van der Waals surface area contributed by atoms with Crippen molar-refractivity contribution in [3.05, 3.63) is 65.7 Å². The predicted molar refractivity (Wildman–Crippen MR) is 99.4 cm³/mol. The normalized spacial score (nSPS) is 17.3. The van der Waals surface area contributed by atoms with Gasteiger partial charge in [-0.05, 0) is 31.9 Å². The number of aromatic nitrogens is 4. The van der Waals surface area contributed by atoms with Gasteiger partial charge in [-0.25, -0.2) is 9.97 Å². The Kier molecular flexibility index (Phi) is 4.75. The number of piperidine rings is 1. The van der Waals surface area contributed by atoms with Gasteiger partial charge in [0.15, 0.2) is 5.89 Å². The van der Waals surface area contributed by atoms with Crippen molar-refractivity contribution in [1.29, 1.82) is 0 Å². The van der Waals surface area contributed by atoms with Crippen molar-refractivity contribution in [2.45, 2.75) is 39.2 Å². The van der Waals surface area contributed by atoms with Gasteiger partial charge in [0, 0.05) is 44.5 Å². The van der Waals surface area contributed by atoms with Crippen LogP contribution in [0, 0.1) is 13.8 Å². The fourth-order valence-corrected chi connectivity index (χ4v) is 3.73. The molecule has 1 aliphatic heterocycles. The second kappa shape index (κ2) is 7.34. The molecule has 0 bridgehead atoms. The van der Waals surface area contributed by atoms with Crippen molar-refractivity contribution in [1.82, 2.24) is 24.4 Å². The molecule has 1 aliphatic rings. The second-order valence-corrected chi connectivity index (χ2v) is 6.97. The van der Waals surface area contributed by atoms with Gasteiger partial charge in [0.1, 0.15) is 5.82 Å². The Morgan fingerprint density at radius 2 is 2.15 bits per heavy atom. The summed E-state index contributed by atoms with van der Waals surface area (Å²) >= 11 is 0. The number of hydrogen-bond acceptors (Lipinski definition) is 5. The zero-order valence-electron chi connectivity index (χ0n) is 15.6. The molecule has 7 nitrogen and oxygen atoms in total. The number of hydrogen-bond donors (Lipinski definition) is 0. The number of oxazole rings is 1. The van der Waals surface area contributed by atoms with Gasteiger partial charge in [-0.2, -0.15) is 0 Å². The summed E-state index contributed by atoms with van der Waals surface area (Å²) in [6.07, 6.45) is 7.56. The van der Waals surface area contributed by atoms with Crippen molar-refractivity contribution in [2.24, 2.45) is 0 Å². The Morgan fingerprint density at radius 3 is 2.89 bits per heavy atom. The molecule has 3 aromatic heterocycles. The van der Waals surface area contributed by atoms with Crippen LogP contribution in [0.5, 0.6) is 0 Å². The number of carbonyl (C=O) groups excluding carboxylic acids is 1. The lowest BCUT2D eigenvalue weighted by Crippen LogP contribution is -2.40. The van der Waals surface area contributed by atoms with Crippen LogP contribution >= 0.6 is 0 Å². The summed E-state index contributed by atoms with van der Waals surface area (Å²) in [4.78, 5) is 27.9. The molecular weight excluding hydrogens is 342 g/mol. The molecule has 4 heterocycles. The maximum absolute atomic E-state index is 12.9. The maximum atomic E-state index is 12.9. The molecule has 140 valence electrons. The van der Waals surface area contributed by atoms with Crippen molar-refractivity contribution in [3.8, 4) is 0 Å². The number of carbonyl (C=O) groups is 1. The molecule has 1 fully saturated rings. The van der Waals surface area contributed by atoms with Gasteiger partial charge in [0.05, 0.1) is 17.9 Å². The first kappa shape index (κ1) is 17.5. The first-order chi connectivity index (χ1) is 13.1. The van der Waals surface area contributed by atoms with Gasteiger partial charge >= 0.3 is 0 Å². The predicted octanol–water partition coefficient (Wildman–Crippen LogP) is 2.95. The summed E-state index contributed by atoms with van der Waals surface area (Å²) < 4.78 is 7.66. The third-order valence-electron chi connectivity index (χ3n) is 4.98. The van der Waals surface area contributed by atoms with E-state index in [-0.39, 0.29) is 11.8 Å². The Hall–Kier alpha value is -2.96. The van der Waals surface area contributed by atoms with E-state index in [1.54, 1.807) is 13.1 Å². The highest BCUT2D eigenvalue weighted by Crippen LogP contribution is 2.27. The summed E-state index contributed by atoms with van der Waals surface area (Å²) in [6, 6.07) is 5.91. The first-order valence-electron chi connectivity index (χ1n) is 9.26. The number of imidazole rings is 1. The van der Waals surface area contributed by atoms with Crippen LogP contribution in [-0.2, 0) is 6.54 Å². The number of aryl methyl sites for hydroxylation is 2. The summed E-state index contributed by atoms with van der Waals surface area (Å²) in [5.74, 6) is 2.00. The monoisotopic (exact) mass is 365 g/mol. The minimum Gasteiger partial charge on any atom is -0.436 e. The molecule has 0 saturated carbocycles. The van der Waals surface area contributed by atoms with Crippen LogP contribution in [0.2, 0.25) is 0 Å². The van der Waals surface area contributed by atoms with E-state index in [4.69, 9.17) is 4.42 Å². The summed E-state index contributed by atoms with van der Waals surface area (Å²) in [7, 11) is 0. The average Bonchev–Trinajstić information content (AvgIpc) is 3.28. The maximum Gasteiger partial charge on any atom is 0.291 e. The van der Waals surface area contributed by atoms with Crippen molar-refractivity contribution < 1.29 is 9.21 Å². The van der Waals surface area contributed by atoms with Gasteiger partial charge in [-0.1, -0.05) is 6.07 Å². The van der Waals surface area contributed by atoms with Crippen molar-refractivity contribution in [2.75, 3.05) is 13.1 Å². The number of rotatable bonds is 4. The van der Waals surface area contributed by atoms with Gasteiger partial charge in [-0.15, -0.1) is 0 Å². The molecule has 1 amide bonds. The van der Waals surface area contributed by atoms with Gasteiger partial charge in [0.25, 0.3) is 5.91 Å². The van der Waals surface area contributed by atoms with Crippen LogP contribution in [0.3, 0.4) is 0 Å². The molecule has 4 rings (SSSR count). The second-order valence-electron chi connectivity index (χ2n) is 6.97. The number of pyridine rings is 1. The SMILES string of the molecule is Cc1nc(C)c(C(=O)N2CCC[C@@H](c3nccn3Cc3ccccn3)C2)o1. The van der Waals surface area contributed by atoms with E-state index >= 15 is 0 Å². The highest BCUT2D eigenvalue weighted by atomic mass is 16.4. The minimum absolute atomic E-state index is 0.0827. The van der Waals surface area contributed by atoms with E-state index in [1.807, 2.05) is 42.4 Å². The Balaban J connectivity index is 1.51. The van der Waals surface area contributed by atoms with Crippen molar-refractivity contribution >= 4 is 5.91 Å². The van der Waals surface area contributed by atoms with Crippen LogP contribution in [-0.4, -0.2) is 43.4 Å². The summed E-state index contributed by atoms with van der Waals surface area (Å²) in [6.45, 7) is 5.62. The third-order valence-corrected chi connectivity index (χ3v) is 4.98. The third kappa shape index (κ3) is 3.63. The lowest BCUT2D eigenvalue weighted by Gasteiger charge is -2.32. The van der Waals surface area contributed by atoms with E-state index in [0.29, 0.717) is 30.4 Å². The molecule has 1 saturated heterocycles. The van der Waals surface area contributed by atoms with Crippen LogP contribution in [0.25, 0.3) is 0 Å². The van der Waals surface area contributed by atoms with Crippen LogP contribution in [0.15, 0.2) is 41.2 Å². The number of likely N-dealkylation sites (tertiary alicyclic amines) is 1. The molecule has 0 unspecified atom stereocenters. The van der Waals surface area contributed by atoms with E-state index in [9.17, 15) is 4.79 Å². The lowest BCUT2D eigenvalue weighted by atomic mass is 9.96. The minimum atomic E-state index is -0.0827. The topological polar surface area (TPSA) is 77.1 Å². The Morgan fingerprint density at radius 1 is 1.26 bits per heavy atom. The van der Waals surface area contributed by atoms with Crippen LogP contribution in [0.4, 0.5) is 0 Å². The van der Waals surface area contributed by atoms with E-state index in [0.717, 1.165) is 30.9 Å². The Labute approximate surface area is 158 Å².